The quantitative estimate of drug-likeness (QED) is 0.445. The average molecular weight is 437 g/mol. The number of hydrogen-bond donors (Lipinski definition) is 0. The Morgan fingerprint density at radius 1 is 1.12 bits per heavy atom. The predicted molar refractivity (Wildman–Crippen MR) is 117 cm³/mol. The summed E-state index contributed by atoms with van der Waals surface area (Å²) in [6, 6.07) is 10.6. The molecule has 2 aromatic heterocycles. The molecule has 0 aliphatic heterocycles. The molecule has 168 valence electrons. The Kier molecular flexibility index (Phi) is 7.96. The summed E-state index contributed by atoms with van der Waals surface area (Å²) in [6.07, 6.45) is 3.50. The van der Waals surface area contributed by atoms with E-state index in [4.69, 9.17) is 14.0 Å². The molecule has 0 spiro atoms. The van der Waals surface area contributed by atoms with Crippen molar-refractivity contribution in [3.05, 3.63) is 76.9 Å². The van der Waals surface area contributed by atoms with Crippen LogP contribution in [0.3, 0.4) is 0 Å². The molecule has 0 N–H and O–H groups in total. The largest absolute Gasteiger partial charge is 0.489 e. The monoisotopic (exact) mass is 437 g/mol. The molecule has 0 atom stereocenters. The maximum atomic E-state index is 13.2. The smallest absolute Gasteiger partial charge is 0.307 e. The maximum absolute atomic E-state index is 13.2. The molecule has 8 nitrogen and oxygen atoms in total. The van der Waals surface area contributed by atoms with Crippen molar-refractivity contribution >= 4 is 11.9 Å². The Balaban J connectivity index is 1.68. The summed E-state index contributed by atoms with van der Waals surface area (Å²) in [5, 5.41) is 3.92. The van der Waals surface area contributed by atoms with Gasteiger partial charge in [0, 0.05) is 31.0 Å². The molecule has 1 amide bonds. The lowest BCUT2D eigenvalue weighted by molar-refractivity contribution is -0.143. The Morgan fingerprint density at radius 3 is 2.53 bits per heavy atom. The molecule has 3 aromatic rings. The van der Waals surface area contributed by atoms with Crippen LogP contribution in [0.25, 0.3) is 0 Å². The van der Waals surface area contributed by atoms with Gasteiger partial charge in [-0.1, -0.05) is 11.2 Å². The second-order valence-corrected chi connectivity index (χ2v) is 7.26. The van der Waals surface area contributed by atoms with E-state index in [-0.39, 0.29) is 24.8 Å². The van der Waals surface area contributed by atoms with Crippen LogP contribution >= 0.6 is 0 Å². The minimum atomic E-state index is -0.334. The van der Waals surface area contributed by atoms with Crippen molar-refractivity contribution in [2.45, 2.75) is 40.3 Å². The molecule has 0 fully saturated rings. The lowest BCUT2D eigenvalue weighted by Gasteiger charge is -2.22. The number of carbonyl (C=O) groups excluding carboxylic acids is 2. The van der Waals surface area contributed by atoms with Crippen LogP contribution in [-0.4, -0.2) is 40.1 Å². The highest BCUT2D eigenvalue weighted by Crippen LogP contribution is 2.19. The van der Waals surface area contributed by atoms with Crippen molar-refractivity contribution < 1.29 is 23.6 Å². The van der Waals surface area contributed by atoms with E-state index in [0.29, 0.717) is 31.1 Å². The van der Waals surface area contributed by atoms with Gasteiger partial charge in [0.15, 0.2) is 0 Å². The van der Waals surface area contributed by atoms with Crippen LogP contribution in [0.1, 0.15) is 46.3 Å². The number of benzene rings is 1. The normalized spacial score (nSPS) is 10.6. The van der Waals surface area contributed by atoms with E-state index < -0.39 is 0 Å². The first kappa shape index (κ1) is 23.0. The zero-order chi connectivity index (χ0) is 22.9. The third kappa shape index (κ3) is 6.16. The second kappa shape index (κ2) is 11.1. The van der Waals surface area contributed by atoms with Crippen molar-refractivity contribution in [3.8, 4) is 5.75 Å². The first-order valence-corrected chi connectivity index (χ1v) is 10.5. The highest BCUT2D eigenvalue weighted by molar-refractivity contribution is 5.94. The van der Waals surface area contributed by atoms with E-state index in [1.807, 2.05) is 26.0 Å². The third-order valence-electron chi connectivity index (χ3n) is 4.94. The van der Waals surface area contributed by atoms with Gasteiger partial charge in [0.05, 0.1) is 24.3 Å². The minimum absolute atomic E-state index is 0.123. The molecule has 0 unspecified atom stereocenters. The van der Waals surface area contributed by atoms with Crippen LogP contribution in [0.5, 0.6) is 5.75 Å². The van der Waals surface area contributed by atoms with Gasteiger partial charge >= 0.3 is 5.97 Å². The first-order valence-electron chi connectivity index (χ1n) is 10.5. The molecule has 0 saturated heterocycles. The van der Waals surface area contributed by atoms with E-state index in [2.05, 4.69) is 10.1 Å². The highest BCUT2D eigenvalue weighted by Gasteiger charge is 2.18. The van der Waals surface area contributed by atoms with Crippen molar-refractivity contribution in [1.29, 1.82) is 0 Å². The molecular weight excluding hydrogens is 410 g/mol. The standard InChI is InChI=1S/C24H27N3O5/c1-4-30-23(28)11-13-27(15-19-6-5-12-25-14-19)24(29)20-7-9-21(10-8-20)31-16-22-17(2)26-32-18(22)3/h5-10,12,14H,4,11,13,15-16H2,1-3H3. The summed E-state index contributed by atoms with van der Waals surface area (Å²) in [7, 11) is 0. The Bertz CT molecular complexity index is 1010. The van der Waals surface area contributed by atoms with E-state index >= 15 is 0 Å². The number of ether oxygens (including phenoxy) is 2. The number of aryl methyl sites for hydroxylation is 2. The third-order valence-corrected chi connectivity index (χ3v) is 4.94. The fourth-order valence-corrected chi connectivity index (χ4v) is 3.16. The van der Waals surface area contributed by atoms with Gasteiger partial charge in [-0.2, -0.15) is 0 Å². The zero-order valence-corrected chi connectivity index (χ0v) is 18.5. The molecule has 0 aliphatic rings. The van der Waals surface area contributed by atoms with Gasteiger partial charge in [0.25, 0.3) is 5.91 Å². The van der Waals surface area contributed by atoms with Crippen molar-refractivity contribution in [2.24, 2.45) is 0 Å². The van der Waals surface area contributed by atoms with Crippen molar-refractivity contribution in [3.63, 3.8) is 0 Å². The van der Waals surface area contributed by atoms with Gasteiger partial charge in [-0.15, -0.1) is 0 Å². The summed E-state index contributed by atoms with van der Waals surface area (Å²) in [4.78, 5) is 30.7. The minimum Gasteiger partial charge on any atom is -0.489 e. The number of esters is 1. The lowest BCUT2D eigenvalue weighted by Crippen LogP contribution is -2.33. The zero-order valence-electron chi connectivity index (χ0n) is 18.5. The average Bonchev–Trinajstić information content (AvgIpc) is 3.13. The van der Waals surface area contributed by atoms with Crippen molar-refractivity contribution in [1.82, 2.24) is 15.0 Å². The van der Waals surface area contributed by atoms with Gasteiger partial charge < -0.3 is 18.9 Å². The van der Waals surface area contributed by atoms with E-state index in [9.17, 15) is 9.59 Å². The lowest BCUT2D eigenvalue weighted by atomic mass is 10.1. The van der Waals surface area contributed by atoms with E-state index in [1.54, 1.807) is 48.5 Å². The summed E-state index contributed by atoms with van der Waals surface area (Å²) >= 11 is 0. The molecule has 0 saturated carbocycles. The Hall–Kier alpha value is -3.68. The topological polar surface area (TPSA) is 94.8 Å². The van der Waals surface area contributed by atoms with E-state index in [1.165, 1.54) is 0 Å². The maximum Gasteiger partial charge on any atom is 0.307 e. The molecule has 8 heteroatoms. The van der Waals surface area contributed by atoms with Crippen LogP contribution in [-0.2, 0) is 22.7 Å². The molecule has 0 radical (unpaired) electrons. The van der Waals surface area contributed by atoms with Gasteiger partial charge in [0.2, 0.25) is 0 Å². The summed E-state index contributed by atoms with van der Waals surface area (Å²) < 4.78 is 16.0. The van der Waals surface area contributed by atoms with Crippen LogP contribution in [0, 0.1) is 13.8 Å². The number of carbonyl (C=O) groups is 2. The molecule has 0 aliphatic carbocycles. The SMILES string of the molecule is CCOC(=O)CCN(Cc1cccnc1)C(=O)c1ccc(OCc2c(C)noc2C)cc1. The molecule has 1 aromatic carbocycles. The van der Waals surface area contributed by atoms with Gasteiger partial charge in [-0.05, 0) is 56.7 Å². The van der Waals surface area contributed by atoms with E-state index in [0.717, 1.165) is 22.6 Å². The van der Waals surface area contributed by atoms with Crippen LogP contribution in [0.15, 0.2) is 53.3 Å². The highest BCUT2D eigenvalue weighted by atomic mass is 16.5. The molecule has 2 heterocycles. The summed E-state index contributed by atoms with van der Waals surface area (Å²) in [6.45, 7) is 6.70. The molecule has 32 heavy (non-hydrogen) atoms. The van der Waals surface area contributed by atoms with Gasteiger partial charge in [0.1, 0.15) is 18.1 Å². The predicted octanol–water partition coefficient (Wildman–Crippen LogP) is 3.86. The summed E-state index contributed by atoms with van der Waals surface area (Å²) in [5.41, 5.74) is 3.08. The number of hydrogen-bond acceptors (Lipinski definition) is 7. The Labute approximate surface area is 187 Å². The van der Waals surface area contributed by atoms with Gasteiger partial charge in [-0.3, -0.25) is 14.6 Å². The number of nitrogens with zero attached hydrogens (tertiary/aromatic N) is 3. The number of rotatable bonds is 10. The first-order chi connectivity index (χ1) is 15.5. The second-order valence-electron chi connectivity index (χ2n) is 7.26. The molecule has 3 rings (SSSR count). The van der Waals surface area contributed by atoms with Crippen LogP contribution in [0.4, 0.5) is 0 Å². The van der Waals surface area contributed by atoms with Gasteiger partial charge in [-0.25, -0.2) is 0 Å². The van der Waals surface area contributed by atoms with Crippen LogP contribution in [0.2, 0.25) is 0 Å². The summed E-state index contributed by atoms with van der Waals surface area (Å²) in [5.74, 6) is 0.837. The fourth-order valence-electron chi connectivity index (χ4n) is 3.16. The van der Waals surface area contributed by atoms with Crippen molar-refractivity contribution in [2.75, 3.05) is 13.2 Å². The molecular formula is C24H27N3O5. The number of amides is 1. The number of pyridine rings is 1. The fraction of sp³-hybridized carbons (Fsp3) is 0.333. The number of aromatic nitrogens is 2. The van der Waals surface area contributed by atoms with Crippen LogP contribution < -0.4 is 4.74 Å². The molecule has 0 bridgehead atoms. The Morgan fingerprint density at radius 2 is 1.91 bits per heavy atom.